The van der Waals surface area contributed by atoms with Gasteiger partial charge in [-0.3, -0.25) is 4.98 Å². The second kappa shape index (κ2) is 3.59. The van der Waals surface area contributed by atoms with Crippen LogP contribution in [0.5, 0.6) is 0 Å². The van der Waals surface area contributed by atoms with Crippen LogP contribution in [0.3, 0.4) is 0 Å². The van der Waals surface area contributed by atoms with Gasteiger partial charge in [0.1, 0.15) is 5.82 Å². The summed E-state index contributed by atoms with van der Waals surface area (Å²) < 4.78 is 26.0. The van der Waals surface area contributed by atoms with Gasteiger partial charge in [-0.15, -0.1) is 0 Å². The lowest BCUT2D eigenvalue weighted by atomic mass is 10.2. The molecular formula is C11H9F2N3O. The van der Waals surface area contributed by atoms with E-state index in [1.807, 2.05) is 4.90 Å². The molecule has 2 aromatic rings. The summed E-state index contributed by atoms with van der Waals surface area (Å²) in [5.74, 6) is -1.31. The van der Waals surface area contributed by atoms with E-state index >= 15 is 0 Å². The highest BCUT2D eigenvalue weighted by atomic mass is 19.2. The van der Waals surface area contributed by atoms with Crippen LogP contribution in [-0.4, -0.2) is 34.3 Å². The van der Waals surface area contributed by atoms with Gasteiger partial charge in [0.15, 0.2) is 11.6 Å². The van der Waals surface area contributed by atoms with Crippen molar-refractivity contribution < 1.29 is 13.9 Å². The van der Waals surface area contributed by atoms with Gasteiger partial charge in [-0.25, -0.2) is 13.8 Å². The average molecular weight is 237 g/mol. The number of aliphatic hydroxyl groups excluding tert-OH is 1. The number of aromatic nitrogens is 2. The largest absolute Gasteiger partial charge is 0.389 e. The van der Waals surface area contributed by atoms with E-state index in [-0.39, 0.29) is 6.10 Å². The van der Waals surface area contributed by atoms with Gasteiger partial charge in [-0.2, -0.15) is 0 Å². The summed E-state index contributed by atoms with van der Waals surface area (Å²) in [4.78, 5) is 10.0. The van der Waals surface area contributed by atoms with Crippen LogP contribution in [0, 0.1) is 11.6 Å². The summed E-state index contributed by atoms with van der Waals surface area (Å²) in [5.41, 5.74) is 0.622. The minimum Gasteiger partial charge on any atom is -0.389 e. The van der Waals surface area contributed by atoms with Crippen LogP contribution in [-0.2, 0) is 0 Å². The van der Waals surface area contributed by atoms with Gasteiger partial charge in [0, 0.05) is 25.2 Å². The van der Waals surface area contributed by atoms with Gasteiger partial charge in [0.25, 0.3) is 0 Å². The SMILES string of the molecule is OC1CN(c2cnc3cc(F)c(F)cc3n2)C1. The fourth-order valence-corrected chi connectivity index (χ4v) is 1.79. The molecular weight excluding hydrogens is 228 g/mol. The first-order valence-electron chi connectivity index (χ1n) is 5.18. The quantitative estimate of drug-likeness (QED) is 0.806. The summed E-state index contributed by atoms with van der Waals surface area (Å²) in [6.07, 6.45) is 1.14. The third-order valence-corrected chi connectivity index (χ3v) is 2.76. The van der Waals surface area contributed by atoms with Gasteiger partial charge >= 0.3 is 0 Å². The molecule has 2 heterocycles. The van der Waals surface area contributed by atoms with E-state index in [2.05, 4.69) is 9.97 Å². The second-order valence-corrected chi connectivity index (χ2v) is 4.04. The van der Waals surface area contributed by atoms with Crippen molar-refractivity contribution in [2.45, 2.75) is 6.10 Å². The van der Waals surface area contributed by atoms with E-state index in [0.717, 1.165) is 12.1 Å². The maximum absolute atomic E-state index is 13.0. The lowest BCUT2D eigenvalue weighted by Gasteiger charge is -2.36. The molecule has 1 aliphatic rings. The molecule has 17 heavy (non-hydrogen) atoms. The number of anilines is 1. The number of fused-ring (bicyclic) bond motifs is 1. The molecule has 3 rings (SSSR count). The van der Waals surface area contributed by atoms with Crippen LogP contribution in [0.15, 0.2) is 18.3 Å². The maximum Gasteiger partial charge on any atom is 0.161 e. The van der Waals surface area contributed by atoms with Crippen LogP contribution in [0.1, 0.15) is 0 Å². The Bertz CT molecular complexity index is 584. The number of hydrogen-bond donors (Lipinski definition) is 1. The number of benzene rings is 1. The minimum absolute atomic E-state index is 0.308. The van der Waals surface area contributed by atoms with Crippen molar-refractivity contribution in [1.82, 2.24) is 9.97 Å². The molecule has 88 valence electrons. The van der Waals surface area contributed by atoms with Crippen molar-refractivity contribution >= 4 is 16.9 Å². The molecule has 1 aromatic carbocycles. The molecule has 1 N–H and O–H groups in total. The van der Waals surface area contributed by atoms with E-state index in [1.54, 1.807) is 0 Å². The molecule has 0 saturated carbocycles. The molecule has 1 fully saturated rings. The van der Waals surface area contributed by atoms with Crippen LogP contribution in [0.25, 0.3) is 11.0 Å². The Morgan fingerprint density at radius 3 is 2.47 bits per heavy atom. The van der Waals surface area contributed by atoms with Crippen molar-refractivity contribution in [3.05, 3.63) is 30.0 Å². The highest BCUT2D eigenvalue weighted by molar-refractivity contribution is 5.75. The predicted molar refractivity (Wildman–Crippen MR) is 57.7 cm³/mol. The van der Waals surface area contributed by atoms with E-state index in [4.69, 9.17) is 0 Å². The van der Waals surface area contributed by atoms with Crippen molar-refractivity contribution in [1.29, 1.82) is 0 Å². The Balaban J connectivity index is 2.03. The fraction of sp³-hybridized carbons (Fsp3) is 0.273. The van der Waals surface area contributed by atoms with Gasteiger partial charge in [-0.1, -0.05) is 0 Å². The second-order valence-electron chi connectivity index (χ2n) is 4.04. The summed E-state index contributed by atoms with van der Waals surface area (Å²) in [7, 11) is 0. The van der Waals surface area contributed by atoms with Crippen molar-refractivity contribution in [2.75, 3.05) is 18.0 Å². The first-order chi connectivity index (χ1) is 8.13. The van der Waals surface area contributed by atoms with E-state index in [0.29, 0.717) is 29.9 Å². The molecule has 0 spiro atoms. The zero-order chi connectivity index (χ0) is 12.0. The van der Waals surface area contributed by atoms with E-state index in [9.17, 15) is 13.9 Å². The van der Waals surface area contributed by atoms with Crippen molar-refractivity contribution in [3.63, 3.8) is 0 Å². The number of halogens is 2. The number of hydrogen-bond acceptors (Lipinski definition) is 4. The highest BCUT2D eigenvalue weighted by Gasteiger charge is 2.25. The third kappa shape index (κ3) is 1.70. The van der Waals surface area contributed by atoms with Gasteiger partial charge in [0.05, 0.1) is 23.3 Å². The zero-order valence-corrected chi connectivity index (χ0v) is 8.77. The zero-order valence-electron chi connectivity index (χ0n) is 8.77. The Morgan fingerprint density at radius 2 is 1.82 bits per heavy atom. The summed E-state index contributed by atoms with van der Waals surface area (Å²) in [6.45, 7) is 0.980. The average Bonchev–Trinajstić information content (AvgIpc) is 2.26. The molecule has 0 bridgehead atoms. The predicted octanol–water partition coefficient (Wildman–Crippen LogP) is 1.09. The molecule has 6 heteroatoms. The molecule has 0 atom stereocenters. The lowest BCUT2D eigenvalue weighted by Crippen LogP contribution is -2.51. The highest BCUT2D eigenvalue weighted by Crippen LogP contribution is 2.21. The van der Waals surface area contributed by atoms with E-state index in [1.165, 1.54) is 6.20 Å². The minimum atomic E-state index is -0.937. The number of rotatable bonds is 1. The number of aliphatic hydroxyl groups is 1. The Morgan fingerprint density at radius 1 is 1.18 bits per heavy atom. The van der Waals surface area contributed by atoms with Crippen LogP contribution in [0.4, 0.5) is 14.6 Å². The van der Waals surface area contributed by atoms with E-state index < -0.39 is 11.6 Å². The smallest absolute Gasteiger partial charge is 0.161 e. The summed E-state index contributed by atoms with van der Waals surface area (Å²) >= 11 is 0. The Labute approximate surface area is 95.5 Å². The normalized spacial score (nSPS) is 16.3. The Hall–Kier alpha value is -1.82. The van der Waals surface area contributed by atoms with Crippen molar-refractivity contribution in [3.8, 4) is 0 Å². The first kappa shape index (κ1) is 10.3. The summed E-state index contributed by atoms with van der Waals surface area (Å²) in [5, 5.41) is 9.17. The molecule has 4 nitrogen and oxygen atoms in total. The third-order valence-electron chi connectivity index (χ3n) is 2.76. The molecule has 0 unspecified atom stereocenters. The van der Waals surface area contributed by atoms with Crippen molar-refractivity contribution in [2.24, 2.45) is 0 Å². The molecule has 1 aromatic heterocycles. The van der Waals surface area contributed by atoms with Crippen LogP contribution in [0.2, 0.25) is 0 Å². The molecule has 1 aliphatic heterocycles. The Kier molecular flexibility index (Phi) is 2.19. The summed E-state index contributed by atoms with van der Waals surface area (Å²) in [6, 6.07) is 2.05. The molecule has 0 amide bonds. The lowest BCUT2D eigenvalue weighted by molar-refractivity contribution is 0.141. The first-order valence-corrected chi connectivity index (χ1v) is 5.18. The number of nitrogens with zero attached hydrogens (tertiary/aromatic N) is 3. The maximum atomic E-state index is 13.0. The number of β-amino-alcohol motifs (C(OH)–C–C–N with tert-alkyl or cyclic N) is 1. The van der Waals surface area contributed by atoms with Crippen LogP contribution < -0.4 is 4.90 Å². The van der Waals surface area contributed by atoms with Gasteiger partial charge < -0.3 is 10.0 Å². The molecule has 0 aliphatic carbocycles. The van der Waals surface area contributed by atoms with Gasteiger partial charge in [0.2, 0.25) is 0 Å². The fourth-order valence-electron chi connectivity index (χ4n) is 1.79. The van der Waals surface area contributed by atoms with Gasteiger partial charge in [-0.05, 0) is 0 Å². The molecule has 0 radical (unpaired) electrons. The van der Waals surface area contributed by atoms with Crippen LogP contribution >= 0.6 is 0 Å². The topological polar surface area (TPSA) is 49.2 Å². The standard InChI is InChI=1S/C11H9F2N3O/c12-7-1-9-10(2-8(7)13)15-11(3-14-9)16-4-6(17)5-16/h1-3,6,17H,4-5H2. The monoisotopic (exact) mass is 237 g/mol. The molecule has 1 saturated heterocycles.